The highest BCUT2D eigenvalue weighted by atomic mass is 79.9. The zero-order chi connectivity index (χ0) is 14.1. The lowest BCUT2D eigenvalue weighted by atomic mass is 9.95. The molecule has 2 N–H and O–H groups in total. The highest BCUT2D eigenvalue weighted by Crippen LogP contribution is 2.32. The molecule has 0 bridgehead atoms. The minimum absolute atomic E-state index is 0.114. The van der Waals surface area contributed by atoms with Gasteiger partial charge in [0, 0.05) is 4.47 Å². The van der Waals surface area contributed by atoms with Crippen LogP contribution in [0.5, 0.6) is 5.75 Å². The van der Waals surface area contributed by atoms with E-state index in [9.17, 15) is 0 Å². The van der Waals surface area contributed by atoms with Gasteiger partial charge in [0.15, 0.2) is 0 Å². The zero-order valence-corrected chi connectivity index (χ0v) is 13.1. The molecule has 0 saturated carbocycles. The number of hydrogen-bond acceptors (Lipinski definition) is 2. The van der Waals surface area contributed by atoms with Crippen molar-refractivity contribution in [3.05, 3.63) is 63.1 Å². The Kier molecular flexibility index (Phi) is 3.81. The Hall–Kier alpha value is -1.32. The largest absolute Gasteiger partial charge is 0.493 e. The smallest absolute Gasteiger partial charge is 0.122 e. The monoisotopic (exact) mass is 331 g/mol. The third-order valence-electron chi connectivity index (χ3n) is 3.78. The summed E-state index contributed by atoms with van der Waals surface area (Å²) in [6, 6.07) is 12.5. The fraction of sp³-hybridized carbons (Fsp3) is 0.294. The van der Waals surface area contributed by atoms with Gasteiger partial charge in [0.2, 0.25) is 0 Å². The van der Waals surface area contributed by atoms with Crippen molar-refractivity contribution in [3.63, 3.8) is 0 Å². The standard InChI is InChI=1S/C17H18BrNO/c1-11-4-6-14(15(18)9-11)17(19)13-5-7-16-12(10-13)3-2-8-20-16/h4-7,9-10,17H,2-3,8,19H2,1H3. The third kappa shape index (κ3) is 2.60. The molecule has 3 heteroatoms. The van der Waals surface area contributed by atoms with Crippen molar-refractivity contribution in [2.75, 3.05) is 6.61 Å². The van der Waals surface area contributed by atoms with Gasteiger partial charge in [-0.2, -0.15) is 0 Å². The number of benzene rings is 2. The molecule has 1 aliphatic rings. The second-order valence-electron chi connectivity index (χ2n) is 5.32. The molecule has 2 aromatic carbocycles. The van der Waals surface area contributed by atoms with Crippen LogP contribution in [0.4, 0.5) is 0 Å². The van der Waals surface area contributed by atoms with E-state index in [0.717, 1.165) is 40.8 Å². The number of aryl methyl sites for hydroxylation is 2. The van der Waals surface area contributed by atoms with Crippen LogP contribution in [-0.4, -0.2) is 6.61 Å². The molecule has 0 radical (unpaired) electrons. The first-order valence-electron chi connectivity index (χ1n) is 6.92. The fourth-order valence-electron chi connectivity index (χ4n) is 2.64. The number of fused-ring (bicyclic) bond motifs is 1. The zero-order valence-electron chi connectivity index (χ0n) is 11.5. The summed E-state index contributed by atoms with van der Waals surface area (Å²) in [4.78, 5) is 0. The predicted octanol–water partition coefficient (Wildman–Crippen LogP) is 4.13. The lowest BCUT2D eigenvalue weighted by molar-refractivity contribution is 0.288. The van der Waals surface area contributed by atoms with Gasteiger partial charge in [-0.05, 0) is 54.2 Å². The van der Waals surface area contributed by atoms with Crippen LogP contribution in [0.1, 0.15) is 34.7 Å². The van der Waals surface area contributed by atoms with Crippen molar-refractivity contribution in [2.24, 2.45) is 5.73 Å². The van der Waals surface area contributed by atoms with Crippen LogP contribution in [0.25, 0.3) is 0 Å². The summed E-state index contributed by atoms with van der Waals surface area (Å²) < 4.78 is 6.72. The SMILES string of the molecule is Cc1ccc(C(N)c2ccc3c(c2)CCCO3)c(Br)c1. The highest BCUT2D eigenvalue weighted by Gasteiger charge is 2.16. The van der Waals surface area contributed by atoms with E-state index in [4.69, 9.17) is 10.5 Å². The van der Waals surface area contributed by atoms with E-state index in [1.54, 1.807) is 0 Å². The second kappa shape index (κ2) is 5.58. The predicted molar refractivity (Wildman–Crippen MR) is 85.2 cm³/mol. The molecule has 0 amide bonds. The normalized spacial score (nSPS) is 15.3. The van der Waals surface area contributed by atoms with Crippen molar-refractivity contribution in [1.29, 1.82) is 0 Å². The Morgan fingerprint density at radius 1 is 1.20 bits per heavy atom. The van der Waals surface area contributed by atoms with Gasteiger partial charge in [-0.15, -0.1) is 0 Å². The van der Waals surface area contributed by atoms with Gasteiger partial charge in [0.05, 0.1) is 12.6 Å². The molecule has 0 spiro atoms. The molecule has 0 saturated heterocycles. The summed E-state index contributed by atoms with van der Waals surface area (Å²) >= 11 is 3.62. The summed E-state index contributed by atoms with van der Waals surface area (Å²) in [5.74, 6) is 1.01. The number of ether oxygens (including phenoxy) is 1. The van der Waals surface area contributed by atoms with Gasteiger partial charge in [-0.3, -0.25) is 0 Å². The van der Waals surface area contributed by atoms with E-state index in [2.05, 4.69) is 53.2 Å². The second-order valence-corrected chi connectivity index (χ2v) is 6.18. The molecule has 1 atom stereocenters. The van der Waals surface area contributed by atoms with Gasteiger partial charge in [0.25, 0.3) is 0 Å². The molecular formula is C17H18BrNO. The number of nitrogens with two attached hydrogens (primary N) is 1. The number of rotatable bonds is 2. The molecule has 0 aromatic heterocycles. The summed E-state index contributed by atoms with van der Waals surface area (Å²) in [6.07, 6.45) is 2.16. The maximum Gasteiger partial charge on any atom is 0.122 e. The minimum Gasteiger partial charge on any atom is -0.493 e. The minimum atomic E-state index is -0.114. The van der Waals surface area contributed by atoms with Gasteiger partial charge >= 0.3 is 0 Å². The average Bonchev–Trinajstić information content (AvgIpc) is 2.46. The Morgan fingerprint density at radius 2 is 2.05 bits per heavy atom. The number of halogens is 1. The molecule has 1 heterocycles. The third-order valence-corrected chi connectivity index (χ3v) is 4.47. The van der Waals surface area contributed by atoms with E-state index in [1.807, 2.05) is 6.07 Å². The molecule has 0 fully saturated rings. The van der Waals surface area contributed by atoms with Crippen molar-refractivity contribution in [1.82, 2.24) is 0 Å². The van der Waals surface area contributed by atoms with Crippen LogP contribution in [0.2, 0.25) is 0 Å². The summed E-state index contributed by atoms with van der Waals surface area (Å²) in [5, 5.41) is 0. The van der Waals surface area contributed by atoms with Crippen molar-refractivity contribution < 1.29 is 4.74 Å². The molecule has 1 aliphatic heterocycles. The Balaban J connectivity index is 1.95. The maximum absolute atomic E-state index is 6.43. The van der Waals surface area contributed by atoms with E-state index in [-0.39, 0.29) is 6.04 Å². The Morgan fingerprint density at radius 3 is 2.85 bits per heavy atom. The van der Waals surface area contributed by atoms with E-state index >= 15 is 0 Å². The van der Waals surface area contributed by atoms with E-state index in [1.165, 1.54) is 11.1 Å². The van der Waals surface area contributed by atoms with Crippen molar-refractivity contribution in [3.8, 4) is 5.75 Å². The van der Waals surface area contributed by atoms with Gasteiger partial charge in [0.1, 0.15) is 5.75 Å². The molecule has 2 aromatic rings. The van der Waals surface area contributed by atoms with Gasteiger partial charge in [-0.25, -0.2) is 0 Å². The summed E-state index contributed by atoms with van der Waals surface area (Å²) in [6.45, 7) is 2.90. The first kappa shape index (κ1) is 13.7. The van der Waals surface area contributed by atoms with E-state index < -0.39 is 0 Å². The Bertz CT molecular complexity index is 639. The average molecular weight is 332 g/mol. The van der Waals surface area contributed by atoms with Crippen LogP contribution < -0.4 is 10.5 Å². The van der Waals surface area contributed by atoms with Crippen LogP contribution in [0.3, 0.4) is 0 Å². The van der Waals surface area contributed by atoms with Crippen molar-refractivity contribution in [2.45, 2.75) is 25.8 Å². The molecule has 2 nitrogen and oxygen atoms in total. The first-order valence-corrected chi connectivity index (χ1v) is 7.72. The van der Waals surface area contributed by atoms with Crippen LogP contribution >= 0.6 is 15.9 Å². The fourth-order valence-corrected chi connectivity index (χ4v) is 3.38. The summed E-state index contributed by atoms with van der Waals surface area (Å²) in [7, 11) is 0. The maximum atomic E-state index is 6.43. The topological polar surface area (TPSA) is 35.2 Å². The quantitative estimate of drug-likeness (QED) is 0.897. The van der Waals surface area contributed by atoms with E-state index in [0.29, 0.717) is 0 Å². The molecular weight excluding hydrogens is 314 g/mol. The van der Waals surface area contributed by atoms with Crippen LogP contribution in [-0.2, 0) is 6.42 Å². The van der Waals surface area contributed by atoms with Gasteiger partial charge in [-0.1, -0.05) is 40.2 Å². The number of hydrogen-bond donors (Lipinski definition) is 1. The lowest BCUT2D eigenvalue weighted by Gasteiger charge is -2.20. The molecule has 104 valence electrons. The molecule has 20 heavy (non-hydrogen) atoms. The van der Waals surface area contributed by atoms with Gasteiger partial charge < -0.3 is 10.5 Å². The molecule has 0 aliphatic carbocycles. The summed E-state index contributed by atoms with van der Waals surface area (Å²) in [5.41, 5.74) is 11.2. The van der Waals surface area contributed by atoms with Crippen LogP contribution in [0.15, 0.2) is 40.9 Å². The van der Waals surface area contributed by atoms with Crippen LogP contribution in [0, 0.1) is 6.92 Å². The first-order chi connectivity index (χ1) is 9.65. The Labute approximate surface area is 128 Å². The lowest BCUT2D eigenvalue weighted by Crippen LogP contribution is -2.14. The highest BCUT2D eigenvalue weighted by molar-refractivity contribution is 9.10. The molecule has 1 unspecified atom stereocenters. The van der Waals surface area contributed by atoms with Crippen molar-refractivity contribution >= 4 is 15.9 Å². The molecule has 3 rings (SSSR count).